The standard InChI is InChI=1S/C17H18O4/c1-11(18)21-10-17-6-5-12-7-14(20-2)3-4-15(12)16(17)8-13(19)9-17/h3-4,7-8H,5-6,9-10H2,1-2H3. The summed E-state index contributed by atoms with van der Waals surface area (Å²) in [6.45, 7) is 1.68. The predicted octanol–water partition coefficient (Wildman–Crippen LogP) is 2.55. The number of hydrogen-bond acceptors (Lipinski definition) is 4. The Labute approximate surface area is 123 Å². The van der Waals surface area contributed by atoms with Crippen LogP contribution in [0.3, 0.4) is 0 Å². The molecule has 1 atom stereocenters. The van der Waals surface area contributed by atoms with Gasteiger partial charge >= 0.3 is 5.97 Å². The van der Waals surface area contributed by atoms with Gasteiger partial charge in [0.25, 0.3) is 0 Å². The summed E-state index contributed by atoms with van der Waals surface area (Å²) >= 11 is 0. The summed E-state index contributed by atoms with van der Waals surface area (Å²) in [5.41, 5.74) is 2.94. The smallest absolute Gasteiger partial charge is 0.302 e. The van der Waals surface area contributed by atoms with Gasteiger partial charge in [0.15, 0.2) is 5.78 Å². The lowest BCUT2D eigenvalue weighted by Gasteiger charge is -2.36. The van der Waals surface area contributed by atoms with Crippen LogP contribution in [0.4, 0.5) is 0 Å². The van der Waals surface area contributed by atoms with Gasteiger partial charge in [-0.05, 0) is 47.8 Å². The first-order chi connectivity index (χ1) is 10.0. The molecule has 0 spiro atoms. The zero-order valence-electron chi connectivity index (χ0n) is 12.3. The number of fused-ring (bicyclic) bond motifs is 3. The number of ketones is 1. The normalized spacial score (nSPS) is 23.1. The monoisotopic (exact) mass is 286 g/mol. The number of rotatable bonds is 3. The number of methoxy groups -OCH3 is 1. The van der Waals surface area contributed by atoms with Gasteiger partial charge in [0.1, 0.15) is 12.4 Å². The van der Waals surface area contributed by atoms with Crippen molar-refractivity contribution in [2.75, 3.05) is 13.7 Å². The van der Waals surface area contributed by atoms with Gasteiger partial charge in [0.2, 0.25) is 0 Å². The summed E-state index contributed by atoms with van der Waals surface area (Å²) in [4.78, 5) is 23.1. The minimum atomic E-state index is -0.343. The molecule has 2 aliphatic rings. The largest absolute Gasteiger partial charge is 0.497 e. The van der Waals surface area contributed by atoms with E-state index in [1.165, 1.54) is 12.5 Å². The summed E-state index contributed by atoms with van der Waals surface area (Å²) < 4.78 is 10.5. The molecule has 0 heterocycles. The summed E-state index contributed by atoms with van der Waals surface area (Å²) in [6.07, 6.45) is 3.82. The molecular weight excluding hydrogens is 268 g/mol. The summed E-state index contributed by atoms with van der Waals surface area (Å²) in [5, 5.41) is 0. The van der Waals surface area contributed by atoms with Crippen LogP contribution in [-0.4, -0.2) is 25.5 Å². The molecule has 110 valence electrons. The van der Waals surface area contributed by atoms with Crippen molar-refractivity contribution in [3.05, 3.63) is 35.4 Å². The van der Waals surface area contributed by atoms with E-state index in [0.29, 0.717) is 6.42 Å². The van der Waals surface area contributed by atoms with Crippen LogP contribution in [0, 0.1) is 5.41 Å². The zero-order valence-corrected chi connectivity index (χ0v) is 12.3. The Bertz CT molecular complexity index is 644. The Balaban J connectivity index is 2.00. The van der Waals surface area contributed by atoms with Crippen LogP contribution in [0.25, 0.3) is 5.57 Å². The van der Waals surface area contributed by atoms with E-state index in [1.54, 1.807) is 13.2 Å². The zero-order chi connectivity index (χ0) is 15.0. The minimum absolute atomic E-state index is 0.112. The van der Waals surface area contributed by atoms with Gasteiger partial charge < -0.3 is 9.47 Å². The number of hydrogen-bond donors (Lipinski definition) is 0. The van der Waals surface area contributed by atoms with Crippen molar-refractivity contribution in [2.45, 2.75) is 26.2 Å². The predicted molar refractivity (Wildman–Crippen MR) is 78.0 cm³/mol. The number of carbonyl (C=O) groups is 2. The highest BCUT2D eigenvalue weighted by molar-refractivity contribution is 6.05. The highest BCUT2D eigenvalue weighted by Gasteiger charge is 2.45. The number of benzene rings is 1. The van der Waals surface area contributed by atoms with E-state index >= 15 is 0 Å². The van der Waals surface area contributed by atoms with Crippen LogP contribution in [0.2, 0.25) is 0 Å². The maximum Gasteiger partial charge on any atom is 0.302 e. The Morgan fingerprint density at radius 2 is 2.19 bits per heavy atom. The molecule has 0 amide bonds. The molecule has 4 heteroatoms. The van der Waals surface area contributed by atoms with Crippen molar-refractivity contribution >= 4 is 17.3 Å². The lowest BCUT2D eigenvalue weighted by molar-refractivity contribution is -0.144. The molecular formula is C17H18O4. The summed E-state index contributed by atoms with van der Waals surface area (Å²) in [7, 11) is 1.65. The second-order valence-corrected chi connectivity index (χ2v) is 5.78. The van der Waals surface area contributed by atoms with Gasteiger partial charge in [0.05, 0.1) is 7.11 Å². The van der Waals surface area contributed by atoms with Crippen molar-refractivity contribution in [1.29, 1.82) is 0 Å². The van der Waals surface area contributed by atoms with E-state index in [9.17, 15) is 9.59 Å². The summed E-state index contributed by atoms with van der Waals surface area (Å²) in [5.74, 6) is 0.635. The number of aryl methyl sites for hydroxylation is 1. The van der Waals surface area contributed by atoms with Gasteiger partial charge in [-0.3, -0.25) is 9.59 Å². The maximum absolute atomic E-state index is 12.0. The van der Waals surface area contributed by atoms with Crippen LogP contribution < -0.4 is 4.74 Å². The van der Waals surface area contributed by atoms with Crippen LogP contribution >= 0.6 is 0 Å². The van der Waals surface area contributed by atoms with E-state index < -0.39 is 0 Å². The molecule has 2 aliphatic carbocycles. The molecule has 0 aromatic heterocycles. The lowest BCUT2D eigenvalue weighted by atomic mass is 9.69. The van der Waals surface area contributed by atoms with Crippen LogP contribution in [0.1, 0.15) is 30.9 Å². The van der Waals surface area contributed by atoms with E-state index in [4.69, 9.17) is 9.47 Å². The number of carbonyl (C=O) groups excluding carboxylic acids is 2. The third kappa shape index (κ3) is 2.35. The number of esters is 1. The van der Waals surface area contributed by atoms with Gasteiger partial charge in [-0.15, -0.1) is 0 Å². The molecule has 0 saturated carbocycles. The molecule has 3 rings (SSSR count). The topological polar surface area (TPSA) is 52.6 Å². The lowest BCUT2D eigenvalue weighted by Crippen LogP contribution is -2.32. The highest BCUT2D eigenvalue weighted by Crippen LogP contribution is 2.51. The van der Waals surface area contributed by atoms with Gasteiger partial charge in [-0.25, -0.2) is 0 Å². The highest BCUT2D eigenvalue weighted by atomic mass is 16.5. The molecule has 1 unspecified atom stereocenters. The fourth-order valence-corrected chi connectivity index (χ4v) is 3.36. The third-order valence-corrected chi connectivity index (χ3v) is 4.42. The van der Waals surface area contributed by atoms with E-state index in [1.807, 2.05) is 18.2 Å². The minimum Gasteiger partial charge on any atom is -0.497 e. The first-order valence-electron chi connectivity index (χ1n) is 7.10. The Morgan fingerprint density at radius 3 is 2.90 bits per heavy atom. The Kier molecular flexibility index (Phi) is 3.32. The average molecular weight is 286 g/mol. The second-order valence-electron chi connectivity index (χ2n) is 5.78. The molecule has 21 heavy (non-hydrogen) atoms. The van der Waals surface area contributed by atoms with Crippen molar-refractivity contribution in [3.8, 4) is 5.75 Å². The van der Waals surface area contributed by atoms with Crippen LogP contribution in [-0.2, 0) is 20.7 Å². The van der Waals surface area contributed by atoms with Gasteiger partial charge in [-0.2, -0.15) is 0 Å². The van der Waals surface area contributed by atoms with Crippen molar-refractivity contribution in [2.24, 2.45) is 5.41 Å². The van der Waals surface area contributed by atoms with Crippen molar-refractivity contribution in [3.63, 3.8) is 0 Å². The average Bonchev–Trinajstić information content (AvgIpc) is 2.81. The maximum atomic E-state index is 12.0. The third-order valence-electron chi connectivity index (χ3n) is 4.42. The number of allylic oxidation sites excluding steroid dienone is 1. The molecule has 0 N–H and O–H groups in total. The van der Waals surface area contributed by atoms with Crippen LogP contribution in [0.15, 0.2) is 24.3 Å². The molecule has 0 saturated heterocycles. The quantitative estimate of drug-likeness (QED) is 0.801. The SMILES string of the molecule is COc1ccc2c(c1)CCC1(COC(C)=O)CC(=O)C=C21. The molecule has 4 nitrogen and oxygen atoms in total. The molecule has 0 radical (unpaired) electrons. The fraction of sp³-hybridized carbons (Fsp3) is 0.412. The summed E-state index contributed by atoms with van der Waals surface area (Å²) in [6, 6.07) is 5.93. The Morgan fingerprint density at radius 1 is 1.38 bits per heavy atom. The van der Waals surface area contributed by atoms with E-state index in [-0.39, 0.29) is 23.8 Å². The second kappa shape index (κ2) is 5.02. The first-order valence-corrected chi connectivity index (χ1v) is 7.10. The van der Waals surface area contributed by atoms with E-state index in [2.05, 4.69) is 0 Å². The Hall–Kier alpha value is -2.10. The van der Waals surface area contributed by atoms with Crippen LogP contribution in [0.5, 0.6) is 5.75 Å². The molecule has 0 fully saturated rings. The molecule has 1 aromatic rings. The van der Waals surface area contributed by atoms with E-state index in [0.717, 1.165) is 29.7 Å². The first kappa shape index (κ1) is 13.9. The van der Waals surface area contributed by atoms with Gasteiger partial charge in [0, 0.05) is 18.8 Å². The van der Waals surface area contributed by atoms with Crippen molar-refractivity contribution in [1.82, 2.24) is 0 Å². The molecule has 0 bridgehead atoms. The number of ether oxygens (including phenoxy) is 2. The molecule has 1 aromatic carbocycles. The van der Waals surface area contributed by atoms with Crippen molar-refractivity contribution < 1.29 is 19.1 Å². The van der Waals surface area contributed by atoms with Gasteiger partial charge in [-0.1, -0.05) is 6.07 Å². The molecule has 0 aliphatic heterocycles. The fourth-order valence-electron chi connectivity index (χ4n) is 3.36.